The number of nitrogens with zero attached hydrogens (tertiary/aromatic N) is 3. The maximum Gasteiger partial charge on any atom is 0.407 e. The molecular formula is C28H38N4O3. The molecule has 1 aromatic carbocycles. The normalized spacial score (nSPS) is 17.8. The number of pyridine rings is 1. The molecule has 3 aromatic rings. The zero-order valence-electron chi connectivity index (χ0n) is 21.6. The lowest BCUT2D eigenvalue weighted by molar-refractivity contribution is 0.127. The van der Waals surface area contributed by atoms with Crippen molar-refractivity contribution in [1.82, 2.24) is 19.4 Å². The first-order chi connectivity index (χ1) is 16.4. The molecule has 2 aromatic heterocycles. The highest BCUT2D eigenvalue weighted by Crippen LogP contribution is 2.38. The summed E-state index contributed by atoms with van der Waals surface area (Å²) in [6, 6.07) is 13.4. The van der Waals surface area contributed by atoms with E-state index in [4.69, 9.17) is 9.72 Å². The number of carbonyl (C=O) groups is 1. The van der Waals surface area contributed by atoms with Crippen LogP contribution >= 0.6 is 0 Å². The van der Waals surface area contributed by atoms with Crippen molar-refractivity contribution in [2.75, 3.05) is 0 Å². The van der Waals surface area contributed by atoms with Gasteiger partial charge < -0.3 is 10.1 Å². The van der Waals surface area contributed by atoms with Gasteiger partial charge in [-0.25, -0.2) is 14.6 Å². The van der Waals surface area contributed by atoms with Crippen LogP contribution in [0, 0.1) is 10.8 Å². The average molecular weight is 479 g/mol. The van der Waals surface area contributed by atoms with Gasteiger partial charge in [-0.1, -0.05) is 71.0 Å². The molecule has 0 saturated heterocycles. The number of aromatic nitrogens is 3. The van der Waals surface area contributed by atoms with Crippen molar-refractivity contribution in [3.8, 4) is 0 Å². The lowest BCUT2D eigenvalue weighted by Crippen LogP contribution is -2.45. The van der Waals surface area contributed by atoms with Crippen molar-refractivity contribution in [3.63, 3.8) is 0 Å². The topological polar surface area (TPSA) is 78.2 Å². The van der Waals surface area contributed by atoms with Gasteiger partial charge in [0.05, 0.1) is 17.3 Å². The van der Waals surface area contributed by atoms with Gasteiger partial charge in [0.2, 0.25) is 0 Å². The molecule has 4 rings (SSSR count). The zero-order chi connectivity index (χ0) is 25.4. The lowest BCUT2D eigenvalue weighted by atomic mass is 9.74. The van der Waals surface area contributed by atoms with Crippen molar-refractivity contribution in [1.29, 1.82) is 0 Å². The molecule has 7 heteroatoms. The predicted octanol–water partition coefficient (Wildman–Crippen LogP) is 5.53. The van der Waals surface area contributed by atoms with Crippen LogP contribution in [0.1, 0.15) is 60.1 Å². The first-order valence-corrected chi connectivity index (χ1v) is 12.2. The Morgan fingerprint density at radius 1 is 1.20 bits per heavy atom. The fraction of sp³-hybridized carbons (Fsp3) is 0.464. The van der Waals surface area contributed by atoms with Crippen LogP contribution in [0.3, 0.4) is 0 Å². The number of amides is 1. The highest BCUT2D eigenvalue weighted by Gasteiger charge is 2.34. The summed E-state index contributed by atoms with van der Waals surface area (Å²) in [5.41, 5.74) is 4.16. The molecule has 0 bridgehead atoms. The SMILES string of the molecule is Cn1c(=O)n(CC(C)(C)C)c2ccc(C3=CC(NC(=O)OCc4ccccc4)C(C)(C)CC3)nc21.[HH]. The first-order valence-electron chi connectivity index (χ1n) is 12.2. The fourth-order valence-corrected chi connectivity index (χ4v) is 4.54. The smallest absolute Gasteiger partial charge is 0.407 e. The van der Waals surface area contributed by atoms with Crippen molar-refractivity contribution < 1.29 is 11.0 Å². The Kier molecular flexibility index (Phi) is 6.62. The van der Waals surface area contributed by atoms with E-state index >= 15 is 0 Å². The van der Waals surface area contributed by atoms with Gasteiger partial charge in [-0.15, -0.1) is 0 Å². The van der Waals surface area contributed by atoms with Gasteiger partial charge in [0.25, 0.3) is 0 Å². The van der Waals surface area contributed by atoms with E-state index < -0.39 is 6.09 Å². The summed E-state index contributed by atoms with van der Waals surface area (Å²) in [4.78, 5) is 30.3. The van der Waals surface area contributed by atoms with E-state index in [0.717, 1.165) is 35.2 Å². The molecule has 2 heterocycles. The number of allylic oxidation sites excluding steroid dienone is 1. The zero-order valence-corrected chi connectivity index (χ0v) is 21.6. The predicted molar refractivity (Wildman–Crippen MR) is 141 cm³/mol. The molecule has 7 nitrogen and oxygen atoms in total. The van der Waals surface area contributed by atoms with Gasteiger partial charge in [0.15, 0.2) is 5.65 Å². The molecule has 35 heavy (non-hydrogen) atoms. The van der Waals surface area contributed by atoms with E-state index in [1.807, 2.05) is 42.5 Å². The molecule has 0 fully saturated rings. The molecule has 1 amide bonds. The van der Waals surface area contributed by atoms with Crippen molar-refractivity contribution in [2.24, 2.45) is 17.9 Å². The molecule has 0 saturated carbocycles. The Labute approximate surface area is 208 Å². The molecule has 1 N–H and O–H groups in total. The minimum atomic E-state index is -0.436. The summed E-state index contributed by atoms with van der Waals surface area (Å²) in [6.45, 7) is 11.5. The van der Waals surface area contributed by atoms with Crippen LogP contribution in [-0.4, -0.2) is 26.3 Å². The summed E-state index contributed by atoms with van der Waals surface area (Å²) >= 11 is 0. The quantitative estimate of drug-likeness (QED) is 0.523. The Morgan fingerprint density at radius 2 is 1.91 bits per heavy atom. The number of hydrogen-bond donors (Lipinski definition) is 1. The Bertz CT molecular complexity index is 1320. The van der Waals surface area contributed by atoms with Gasteiger partial charge in [-0.05, 0) is 46.9 Å². The maximum absolute atomic E-state index is 12.9. The molecule has 188 valence electrons. The fourth-order valence-electron chi connectivity index (χ4n) is 4.54. The molecule has 0 spiro atoms. The van der Waals surface area contributed by atoms with Crippen LogP contribution in [0.4, 0.5) is 4.79 Å². The number of aryl methyl sites for hydroxylation is 1. The molecule has 1 aliphatic rings. The van der Waals surface area contributed by atoms with Gasteiger partial charge in [-0.2, -0.15) is 0 Å². The Morgan fingerprint density at radius 3 is 2.60 bits per heavy atom. The minimum absolute atomic E-state index is 0. The number of hydrogen-bond acceptors (Lipinski definition) is 4. The van der Waals surface area contributed by atoms with Crippen molar-refractivity contribution >= 4 is 22.8 Å². The number of imidazole rings is 1. The first kappa shape index (κ1) is 24.8. The van der Waals surface area contributed by atoms with Crippen LogP contribution < -0.4 is 11.0 Å². The van der Waals surface area contributed by atoms with E-state index in [-0.39, 0.29) is 30.6 Å². The molecule has 0 aliphatic heterocycles. The molecule has 1 atom stereocenters. The summed E-state index contributed by atoms with van der Waals surface area (Å²) in [6.07, 6.45) is 3.39. The monoisotopic (exact) mass is 478 g/mol. The van der Waals surface area contributed by atoms with E-state index in [9.17, 15) is 9.59 Å². The summed E-state index contributed by atoms with van der Waals surface area (Å²) in [7, 11) is 1.77. The van der Waals surface area contributed by atoms with Crippen LogP contribution in [0.5, 0.6) is 0 Å². The van der Waals surface area contributed by atoms with Gasteiger partial charge in [0, 0.05) is 15.0 Å². The molecular weight excluding hydrogens is 440 g/mol. The van der Waals surface area contributed by atoms with Gasteiger partial charge >= 0.3 is 11.8 Å². The molecule has 1 aliphatic carbocycles. The second-order valence-electron chi connectivity index (χ2n) is 11.4. The van der Waals surface area contributed by atoms with Crippen molar-refractivity contribution in [3.05, 3.63) is 70.3 Å². The maximum atomic E-state index is 12.9. The van der Waals surface area contributed by atoms with Crippen molar-refractivity contribution in [2.45, 2.75) is 66.7 Å². The number of nitrogens with one attached hydrogen (secondary N) is 1. The second kappa shape index (κ2) is 9.36. The number of carbonyl (C=O) groups excluding carboxylic acids is 1. The Hall–Kier alpha value is -3.35. The summed E-state index contributed by atoms with van der Waals surface area (Å²) < 4.78 is 8.88. The molecule has 1 unspecified atom stereocenters. The number of rotatable bonds is 5. The number of fused-ring (bicyclic) bond motifs is 1. The number of alkyl carbamates (subject to hydrolysis) is 1. The highest BCUT2D eigenvalue weighted by atomic mass is 16.5. The van der Waals surface area contributed by atoms with E-state index in [1.165, 1.54) is 0 Å². The lowest BCUT2D eigenvalue weighted by Gasteiger charge is -2.37. The third-order valence-corrected chi connectivity index (χ3v) is 6.68. The van der Waals surface area contributed by atoms with Crippen LogP contribution in [0.25, 0.3) is 16.7 Å². The van der Waals surface area contributed by atoms with Crippen LogP contribution in [-0.2, 0) is 24.9 Å². The number of benzene rings is 1. The van der Waals surface area contributed by atoms with Gasteiger partial charge in [-0.3, -0.25) is 9.13 Å². The highest BCUT2D eigenvalue weighted by molar-refractivity contribution is 5.77. The number of ether oxygens (including phenoxy) is 1. The van der Waals surface area contributed by atoms with Crippen LogP contribution in [0.15, 0.2) is 53.3 Å². The minimum Gasteiger partial charge on any atom is -0.445 e. The Balaban J connectivity index is 0.00000361. The average Bonchev–Trinajstić information content (AvgIpc) is 3.03. The third-order valence-electron chi connectivity index (χ3n) is 6.68. The van der Waals surface area contributed by atoms with Crippen LogP contribution in [0.2, 0.25) is 0 Å². The van der Waals surface area contributed by atoms with E-state index in [0.29, 0.717) is 12.2 Å². The largest absolute Gasteiger partial charge is 0.445 e. The second-order valence-corrected chi connectivity index (χ2v) is 11.4. The van der Waals surface area contributed by atoms with Gasteiger partial charge in [0.1, 0.15) is 6.61 Å². The summed E-state index contributed by atoms with van der Waals surface area (Å²) in [5, 5.41) is 3.04. The van der Waals surface area contributed by atoms with E-state index in [1.54, 1.807) is 16.2 Å². The van der Waals surface area contributed by atoms with E-state index in [2.05, 4.69) is 46.0 Å². The summed E-state index contributed by atoms with van der Waals surface area (Å²) in [5.74, 6) is 0. The standard InChI is InChI=1S/C28H36N4O3.H2/c1-27(2,3)18-32-22-13-12-21(29-24(22)31(6)26(32)34)20-14-15-28(4,5)23(16-20)30-25(33)35-17-19-10-8-7-9-11-19;/h7-13,16,23H,14-15,17-18H2,1-6H3,(H,30,33);1H. The molecule has 0 radical (unpaired) electrons. The third kappa shape index (κ3) is 5.50.